The number of aryl methyl sites for hydroxylation is 1. The van der Waals surface area contributed by atoms with Crippen LogP contribution in [0.1, 0.15) is 28.0 Å². The molecule has 0 aliphatic carbocycles. The summed E-state index contributed by atoms with van der Waals surface area (Å²) in [5.41, 5.74) is 3.01. The molecule has 1 amide bonds. The molecule has 1 aliphatic rings. The van der Waals surface area contributed by atoms with Crippen LogP contribution in [0.2, 0.25) is 0 Å². The lowest BCUT2D eigenvalue weighted by molar-refractivity contribution is 0.0761. The van der Waals surface area contributed by atoms with E-state index in [-0.39, 0.29) is 5.91 Å². The number of amides is 1. The molecule has 4 heteroatoms. The van der Waals surface area contributed by atoms with Gasteiger partial charge in [-0.3, -0.25) is 14.7 Å². The highest BCUT2D eigenvalue weighted by molar-refractivity contribution is 5.94. The van der Waals surface area contributed by atoms with E-state index in [0.29, 0.717) is 0 Å². The van der Waals surface area contributed by atoms with Gasteiger partial charge in [-0.05, 0) is 37.6 Å². The van der Waals surface area contributed by atoms with Crippen molar-refractivity contribution in [2.75, 3.05) is 26.2 Å². The second-order valence-corrected chi connectivity index (χ2v) is 6.11. The molecule has 3 rings (SSSR count). The number of carbonyl (C=O) groups excluding carboxylic acids is 1. The molecule has 1 aromatic heterocycles. The van der Waals surface area contributed by atoms with Crippen molar-refractivity contribution in [1.82, 2.24) is 14.8 Å². The maximum absolute atomic E-state index is 12.7. The summed E-state index contributed by atoms with van der Waals surface area (Å²) in [4.78, 5) is 21.4. The zero-order valence-corrected chi connectivity index (χ0v) is 13.6. The van der Waals surface area contributed by atoms with Crippen molar-refractivity contribution in [1.29, 1.82) is 0 Å². The minimum absolute atomic E-state index is 0.147. The number of pyridine rings is 1. The first kappa shape index (κ1) is 15.7. The third kappa shape index (κ3) is 4.17. The maximum Gasteiger partial charge on any atom is 0.253 e. The Kier molecular flexibility index (Phi) is 5.03. The van der Waals surface area contributed by atoms with E-state index in [1.54, 1.807) is 0 Å². The Labute approximate surface area is 137 Å². The zero-order chi connectivity index (χ0) is 16.1. The van der Waals surface area contributed by atoms with Crippen LogP contribution in [0.25, 0.3) is 0 Å². The van der Waals surface area contributed by atoms with Crippen molar-refractivity contribution < 1.29 is 4.79 Å². The Morgan fingerprint density at radius 3 is 2.78 bits per heavy atom. The first-order valence-electron chi connectivity index (χ1n) is 8.20. The summed E-state index contributed by atoms with van der Waals surface area (Å²) in [6.07, 6.45) is 2.84. The van der Waals surface area contributed by atoms with Gasteiger partial charge in [-0.1, -0.05) is 23.8 Å². The van der Waals surface area contributed by atoms with Gasteiger partial charge in [0.05, 0.1) is 5.69 Å². The van der Waals surface area contributed by atoms with Gasteiger partial charge in [0.2, 0.25) is 0 Å². The molecule has 0 saturated carbocycles. The maximum atomic E-state index is 12.7. The molecule has 0 unspecified atom stereocenters. The van der Waals surface area contributed by atoms with Crippen molar-refractivity contribution in [2.24, 2.45) is 0 Å². The molecule has 0 atom stereocenters. The van der Waals surface area contributed by atoms with E-state index in [1.807, 2.05) is 54.4 Å². The summed E-state index contributed by atoms with van der Waals surface area (Å²) in [6.45, 7) is 6.38. The van der Waals surface area contributed by atoms with Crippen LogP contribution in [0, 0.1) is 6.92 Å². The number of hydrogen-bond donors (Lipinski definition) is 0. The lowest BCUT2D eigenvalue weighted by Crippen LogP contribution is -2.35. The molecule has 1 fully saturated rings. The van der Waals surface area contributed by atoms with E-state index in [1.165, 1.54) is 0 Å². The number of carbonyl (C=O) groups is 1. The Balaban J connectivity index is 1.61. The highest BCUT2D eigenvalue weighted by atomic mass is 16.2. The van der Waals surface area contributed by atoms with Gasteiger partial charge in [0.1, 0.15) is 0 Å². The number of rotatable bonds is 3. The fourth-order valence-corrected chi connectivity index (χ4v) is 3.01. The molecule has 23 heavy (non-hydrogen) atoms. The van der Waals surface area contributed by atoms with Crippen LogP contribution in [-0.2, 0) is 6.54 Å². The fourth-order valence-electron chi connectivity index (χ4n) is 3.01. The molecular weight excluding hydrogens is 286 g/mol. The van der Waals surface area contributed by atoms with Crippen LogP contribution in [-0.4, -0.2) is 46.9 Å². The molecular formula is C19H23N3O. The average Bonchev–Trinajstić information content (AvgIpc) is 2.81. The summed E-state index contributed by atoms with van der Waals surface area (Å²) in [7, 11) is 0. The van der Waals surface area contributed by atoms with Gasteiger partial charge in [0.25, 0.3) is 5.91 Å². The zero-order valence-electron chi connectivity index (χ0n) is 13.6. The van der Waals surface area contributed by atoms with Crippen LogP contribution >= 0.6 is 0 Å². The van der Waals surface area contributed by atoms with Crippen LogP contribution in [0.5, 0.6) is 0 Å². The quantitative estimate of drug-likeness (QED) is 0.875. The Morgan fingerprint density at radius 1 is 1.09 bits per heavy atom. The molecule has 0 radical (unpaired) electrons. The minimum atomic E-state index is 0.147. The van der Waals surface area contributed by atoms with Crippen molar-refractivity contribution in [3.63, 3.8) is 0 Å². The van der Waals surface area contributed by atoms with E-state index < -0.39 is 0 Å². The van der Waals surface area contributed by atoms with Crippen molar-refractivity contribution in [3.05, 3.63) is 65.5 Å². The van der Waals surface area contributed by atoms with Crippen LogP contribution < -0.4 is 0 Å². The van der Waals surface area contributed by atoms with Crippen molar-refractivity contribution >= 4 is 5.91 Å². The third-order valence-corrected chi connectivity index (χ3v) is 4.25. The number of benzene rings is 1. The second-order valence-electron chi connectivity index (χ2n) is 6.11. The van der Waals surface area contributed by atoms with Gasteiger partial charge in [-0.25, -0.2) is 0 Å². The van der Waals surface area contributed by atoms with E-state index in [0.717, 1.165) is 56.0 Å². The SMILES string of the molecule is Cc1cccc(C(=O)N2CCCN(Cc3ccccn3)CC2)c1. The summed E-state index contributed by atoms with van der Waals surface area (Å²) >= 11 is 0. The van der Waals surface area contributed by atoms with E-state index >= 15 is 0 Å². The smallest absolute Gasteiger partial charge is 0.253 e. The van der Waals surface area contributed by atoms with Gasteiger partial charge in [-0.15, -0.1) is 0 Å². The predicted octanol–water partition coefficient (Wildman–Crippen LogP) is 2.74. The molecule has 0 spiro atoms. The lowest BCUT2D eigenvalue weighted by Gasteiger charge is -2.22. The number of hydrogen-bond acceptors (Lipinski definition) is 3. The van der Waals surface area contributed by atoms with Crippen molar-refractivity contribution in [2.45, 2.75) is 19.9 Å². The Morgan fingerprint density at radius 2 is 2.00 bits per heavy atom. The monoisotopic (exact) mass is 309 g/mol. The summed E-state index contributed by atoms with van der Waals surface area (Å²) in [5, 5.41) is 0. The Bertz CT molecular complexity index is 657. The fraction of sp³-hybridized carbons (Fsp3) is 0.368. The van der Waals surface area contributed by atoms with E-state index in [4.69, 9.17) is 0 Å². The topological polar surface area (TPSA) is 36.4 Å². The predicted molar refractivity (Wildman–Crippen MR) is 91.2 cm³/mol. The summed E-state index contributed by atoms with van der Waals surface area (Å²) in [6, 6.07) is 13.9. The molecule has 1 saturated heterocycles. The molecule has 2 aromatic rings. The minimum Gasteiger partial charge on any atom is -0.337 e. The molecule has 0 N–H and O–H groups in total. The standard InChI is InChI=1S/C19H23N3O/c1-16-6-4-7-17(14-16)19(23)22-11-5-10-21(12-13-22)15-18-8-2-3-9-20-18/h2-4,6-9,14H,5,10-13,15H2,1H3. The van der Waals surface area contributed by atoms with Gasteiger partial charge in [-0.2, -0.15) is 0 Å². The number of nitrogens with zero attached hydrogens (tertiary/aromatic N) is 3. The molecule has 1 aliphatic heterocycles. The summed E-state index contributed by atoms with van der Waals surface area (Å²) < 4.78 is 0. The molecule has 0 bridgehead atoms. The highest BCUT2D eigenvalue weighted by Crippen LogP contribution is 2.12. The van der Waals surface area contributed by atoms with Gasteiger partial charge >= 0.3 is 0 Å². The van der Waals surface area contributed by atoms with Crippen LogP contribution in [0.4, 0.5) is 0 Å². The summed E-state index contributed by atoms with van der Waals surface area (Å²) in [5.74, 6) is 0.147. The normalized spacial score (nSPS) is 16.1. The van der Waals surface area contributed by atoms with Crippen LogP contribution in [0.3, 0.4) is 0 Å². The average molecular weight is 309 g/mol. The first-order valence-corrected chi connectivity index (χ1v) is 8.20. The van der Waals surface area contributed by atoms with Gasteiger partial charge in [0, 0.05) is 44.5 Å². The Hall–Kier alpha value is -2.20. The highest BCUT2D eigenvalue weighted by Gasteiger charge is 2.20. The molecule has 1 aromatic carbocycles. The van der Waals surface area contributed by atoms with E-state index in [9.17, 15) is 4.79 Å². The third-order valence-electron chi connectivity index (χ3n) is 4.25. The molecule has 4 nitrogen and oxygen atoms in total. The van der Waals surface area contributed by atoms with Crippen LogP contribution in [0.15, 0.2) is 48.7 Å². The van der Waals surface area contributed by atoms with Crippen molar-refractivity contribution in [3.8, 4) is 0 Å². The van der Waals surface area contributed by atoms with Gasteiger partial charge < -0.3 is 4.90 Å². The molecule has 120 valence electrons. The van der Waals surface area contributed by atoms with Gasteiger partial charge in [0.15, 0.2) is 0 Å². The largest absolute Gasteiger partial charge is 0.337 e. The molecule has 2 heterocycles. The number of aromatic nitrogens is 1. The lowest BCUT2D eigenvalue weighted by atomic mass is 10.1. The van der Waals surface area contributed by atoms with E-state index in [2.05, 4.69) is 16.0 Å². The first-order chi connectivity index (χ1) is 11.2. The second kappa shape index (κ2) is 7.38.